The maximum atomic E-state index is 11.3. The number of Topliss-reactive ketones (excluding diaryl/α,β-unsaturated/α-hetero) is 1. The topological polar surface area (TPSA) is 83.8 Å². The van der Waals surface area contributed by atoms with Crippen molar-refractivity contribution in [3.8, 4) is 5.75 Å². The zero-order chi connectivity index (χ0) is 12.6. The van der Waals surface area contributed by atoms with Crippen molar-refractivity contribution < 1.29 is 24.5 Å². The molecule has 0 aromatic heterocycles. The molecule has 88 valence electrons. The molecule has 0 saturated carbocycles. The van der Waals surface area contributed by atoms with Crippen LogP contribution >= 0.6 is 0 Å². The molecule has 5 nitrogen and oxygen atoms in total. The Kier molecular flexibility index (Phi) is 2.59. The average molecular weight is 234 g/mol. The first-order valence-corrected chi connectivity index (χ1v) is 4.91. The molecule has 1 aliphatic carbocycles. The van der Waals surface area contributed by atoms with E-state index >= 15 is 0 Å². The number of ketones is 1. The number of methoxy groups -OCH3 is 1. The summed E-state index contributed by atoms with van der Waals surface area (Å²) in [7, 11) is 1.49. The van der Waals surface area contributed by atoms with Gasteiger partial charge in [-0.25, -0.2) is 4.79 Å². The largest absolute Gasteiger partial charge is 0.507 e. The Labute approximate surface area is 97.0 Å². The molecule has 0 atom stereocenters. The van der Waals surface area contributed by atoms with Crippen molar-refractivity contribution in [1.82, 2.24) is 0 Å². The lowest BCUT2D eigenvalue weighted by Gasteiger charge is -2.03. The van der Waals surface area contributed by atoms with Crippen LogP contribution in [0.25, 0.3) is 5.76 Å². The number of carbonyl (C=O) groups is 2. The number of hydrogen-bond donors (Lipinski definition) is 2. The van der Waals surface area contributed by atoms with E-state index in [1.165, 1.54) is 7.11 Å². The molecule has 2 N–H and O–H groups in total. The second kappa shape index (κ2) is 3.93. The molecule has 0 aliphatic heterocycles. The van der Waals surface area contributed by atoms with Crippen molar-refractivity contribution in [2.45, 2.75) is 6.42 Å². The lowest BCUT2D eigenvalue weighted by molar-refractivity contribution is -0.147. The molecule has 0 heterocycles. The van der Waals surface area contributed by atoms with Crippen LogP contribution in [0.4, 0.5) is 0 Å². The Morgan fingerprint density at radius 3 is 2.65 bits per heavy atom. The van der Waals surface area contributed by atoms with Crippen LogP contribution < -0.4 is 4.74 Å². The second-order valence-corrected chi connectivity index (χ2v) is 3.66. The van der Waals surface area contributed by atoms with Crippen LogP contribution in [0, 0.1) is 0 Å². The van der Waals surface area contributed by atoms with E-state index in [0.29, 0.717) is 16.9 Å². The number of carboxylic acids is 1. The summed E-state index contributed by atoms with van der Waals surface area (Å²) in [5, 5.41) is 18.4. The lowest BCUT2D eigenvalue weighted by Crippen LogP contribution is -2.15. The standard InChI is InChI=1S/C12H10O5/c1-17-7-3-2-6-4-9(11(14)12(15)16)10(13)8(6)5-7/h2-3,5,13H,4H2,1H3,(H,15,16). The van der Waals surface area contributed by atoms with Crippen LogP contribution in [-0.2, 0) is 16.0 Å². The highest BCUT2D eigenvalue weighted by molar-refractivity contribution is 6.41. The zero-order valence-electron chi connectivity index (χ0n) is 9.06. The summed E-state index contributed by atoms with van der Waals surface area (Å²) in [5.41, 5.74) is 1.09. The van der Waals surface area contributed by atoms with Crippen molar-refractivity contribution in [1.29, 1.82) is 0 Å². The summed E-state index contributed by atoms with van der Waals surface area (Å²) < 4.78 is 5.00. The predicted octanol–water partition coefficient (Wildman–Crippen LogP) is 1.17. The van der Waals surface area contributed by atoms with Gasteiger partial charge in [0.15, 0.2) is 0 Å². The van der Waals surface area contributed by atoms with E-state index < -0.39 is 11.8 Å². The highest BCUT2D eigenvalue weighted by Crippen LogP contribution is 2.33. The second-order valence-electron chi connectivity index (χ2n) is 3.66. The third kappa shape index (κ3) is 1.75. The first-order chi connectivity index (χ1) is 8.04. The smallest absolute Gasteiger partial charge is 0.377 e. The molecule has 17 heavy (non-hydrogen) atoms. The monoisotopic (exact) mass is 234 g/mol. The fraction of sp³-hybridized carbons (Fsp3) is 0.167. The fourth-order valence-corrected chi connectivity index (χ4v) is 1.81. The van der Waals surface area contributed by atoms with Gasteiger partial charge in [0.25, 0.3) is 5.78 Å². The molecular weight excluding hydrogens is 224 g/mol. The van der Waals surface area contributed by atoms with Gasteiger partial charge in [0, 0.05) is 12.0 Å². The van der Waals surface area contributed by atoms with Crippen LogP contribution in [-0.4, -0.2) is 29.1 Å². The number of benzene rings is 1. The van der Waals surface area contributed by atoms with Gasteiger partial charge in [-0.15, -0.1) is 0 Å². The summed E-state index contributed by atoms with van der Waals surface area (Å²) in [4.78, 5) is 21.9. The molecule has 1 aromatic carbocycles. The molecule has 0 amide bonds. The first kappa shape index (κ1) is 11.2. The normalized spacial score (nSPS) is 13.5. The Hall–Kier alpha value is -2.30. The van der Waals surface area contributed by atoms with E-state index in [1.807, 2.05) is 0 Å². The number of ether oxygens (including phenoxy) is 1. The number of hydrogen-bond acceptors (Lipinski definition) is 4. The number of aliphatic hydroxyl groups excluding tert-OH is 1. The van der Waals surface area contributed by atoms with E-state index in [2.05, 4.69) is 0 Å². The van der Waals surface area contributed by atoms with E-state index in [1.54, 1.807) is 18.2 Å². The van der Waals surface area contributed by atoms with Gasteiger partial charge in [0.2, 0.25) is 0 Å². The van der Waals surface area contributed by atoms with Gasteiger partial charge in [0.1, 0.15) is 11.5 Å². The number of aliphatic carboxylic acids is 1. The van der Waals surface area contributed by atoms with Gasteiger partial charge in [-0.05, 0) is 17.7 Å². The zero-order valence-corrected chi connectivity index (χ0v) is 9.06. The maximum absolute atomic E-state index is 11.3. The summed E-state index contributed by atoms with van der Waals surface area (Å²) >= 11 is 0. The number of aliphatic hydroxyl groups is 1. The predicted molar refractivity (Wildman–Crippen MR) is 58.9 cm³/mol. The van der Waals surface area contributed by atoms with Crippen LogP contribution in [0.2, 0.25) is 0 Å². The van der Waals surface area contributed by atoms with E-state index in [-0.39, 0.29) is 17.8 Å². The van der Waals surface area contributed by atoms with Crippen molar-refractivity contribution in [2.75, 3.05) is 7.11 Å². The van der Waals surface area contributed by atoms with Gasteiger partial charge in [-0.2, -0.15) is 0 Å². The summed E-state index contributed by atoms with van der Waals surface area (Å²) in [5.74, 6) is -2.37. The molecule has 0 radical (unpaired) electrons. The average Bonchev–Trinajstić information content (AvgIpc) is 2.65. The fourth-order valence-electron chi connectivity index (χ4n) is 1.81. The van der Waals surface area contributed by atoms with Gasteiger partial charge >= 0.3 is 5.97 Å². The van der Waals surface area contributed by atoms with Gasteiger partial charge in [0.05, 0.1) is 12.7 Å². The van der Waals surface area contributed by atoms with Gasteiger partial charge < -0.3 is 14.9 Å². The Morgan fingerprint density at radius 2 is 2.06 bits per heavy atom. The highest BCUT2D eigenvalue weighted by atomic mass is 16.5. The Balaban J connectivity index is 2.46. The third-order valence-electron chi connectivity index (χ3n) is 2.69. The van der Waals surface area contributed by atoms with Gasteiger partial charge in [-0.3, -0.25) is 4.79 Å². The van der Waals surface area contributed by atoms with E-state index in [0.717, 1.165) is 0 Å². The minimum absolute atomic E-state index is 0.0826. The minimum Gasteiger partial charge on any atom is -0.507 e. The van der Waals surface area contributed by atoms with E-state index in [4.69, 9.17) is 9.84 Å². The summed E-state index contributed by atoms with van der Waals surface area (Å²) in [6.45, 7) is 0. The number of rotatable bonds is 3. The molecule has 0 unspecified atom stereocenters. The quantitative estimate of drug-likeness (QED) is 0.767. The van der Waals surface area contributed by atoms with Crippen LogP contribution in [0.3, 0.4) is 0 Å². The molecule has 1 aromatic rings. The molecule has 2 rings (SSSR count). The minimum atomic E-state index is -1.56. The van der Waals surface area contributed by atoms with Crippen LogP contribution in [0.1, 0.15) is 11.1 Å². The Morgan fingerprint density at radius 1 is 1.35 bits per heavy atom. The van der Waals surface area contributed by atoms with Crippen molar-refractivity contribution in [2.24, 2.45) is 0 Å². The number of carboxylic acid groups (broad SMARTS) is 1. The molecule has 0 bridgehead atoms. The molecule has 5 heteroatoms. The van der Waals surface area contributed by atoms with Crippen molar-refractivity contribution in [3.63, 3.8) is 0 Å². The first-order valence-electron chi connectivity index (χ1n) is 4.91. The van der Waals surface area contributed by atoms with Crippen molar-refractivity contribution >= 4 is 17.5 Å². The van der Waals surface area contributed by atoms with Crippen LogP contribution in [0.15, 0.2) is 23.8 Å². The van der Waals surface area contributed by atoms with Crippen LogP contribution in [0.5, 0.6) is 5.75 Å². The number of fused-ring (bicyclic) bond motifs is 1. The Bertz CT molecular complexity index is 542. The lowest BCUT2D eigenvalue weighted by atomic mass is 10.1. The summed E-state index contributed by atoms with van der Waals surface area (Å²) in [6, 6.07) is 4.97. The van der Waals surface area contributed by atoms with Gasteiger partial charge in [-0.1, -0.05) is 6.07 Å². The molecule has 0 fully saturated rings. The molecule has 0 spiro atoms. The van der Waals surface area contributed by atoms with E-state index in [9.17, 15) is 14.7 Å². The highest BCUT2D eigenvalue weighted by Gasteiger charge is 2.29. The maximum Gasteiger partial charge on any atom is 0.377 e. The third-order valence-corrected chi connectivity index (χ3v) is 2.69. The molecule has 1 aliphatic rings. The SMILES string of the molecule is COc1ccc2c(c1)C(O)=C(C(=O)C(=O)O)C2. The summed E-state index contributed by atoms with van der Waals surface area (Å²) in [6.07, 6.45) is 0.135. The number of carbonyl (C=O) groups excluding carboxylic acids is 1. The molecule has 0 saturated heterocycles. The molecular formula is C12H10O5. The van der Waals surface area contributed by atoms with Crippen molar-refractivity contribution in [3.05, 3.63) is 34.9 Å².